The summed E-state index contributed by atoms with van der Waals surface area (Å²) in [5.41, 5.74) is 4.23. The summed E-state index contributed by atoms with van der Waals surface area (Å²) in [7, 11) is 0. The molecular weight excluding hydrogens is 421 g/mol. The summed E-state index contributed by atoms with van der Waals surface area (Å²) < 4.78 is 0. The van der Waals surface area contributed by atoms with Crippen LogP contribution in [0.4, 0.5) is 10.8 Å². The van der Waals surface area contributed by atoms with E-state index < -0.39 is 0 Å². The third kappa shape index (κ3) is 3.85. The monoisotopic (exact) mass is 441 g/mol. The van der Waals surface area contributed by atoms with Gasteiger partial charge in [-0.2, -0.15) is 0 Å². The first-order chi connectivity index (χ1) is 14.0. The maximum atomic E-state index is 6.47. The van der Waals surface area contributed by atoms with Gasteiger partial charge in [-0.3, -0.25) is 4.98 Å². The lowest BCUT2D eigenvalue weighted by Crippen LogP contribution is -2.19. The molecule has 0 fully saturated rings. The van der Waals surface area contributed by atoms with Crippen LogP contribution in [0.25, 0.3) is 22.0 Å². The lowest BCUT2D eigenvalue weighted by molar-refractivity contribution is 0.881. The second-order valence-electron chi connectivity index (χ2n) is 7.00. The Morgan fingerprint density at radius 1 is 1.07 bits per heavy atom. The lowest BCUT2D eigenvalue weighted by Gasteiger charge is -2.25. The highest BCUT2D eigenvalue weighted by molar-refractivity contribution is 7.16. The molecule has 0 spiro atoms. The van der Waals surface area contributed by atoms with E-state index >= 15 is 0 Å². The number of pyridine rings is 1. The molecule has 0 aliphatic rings. The smallest absolute Gasteiger partial charge is 0.190 e. The SMILES string of the molecule is CCCN(c1nc(-c2ccc(Cl)cc2Cl)c(C)s1)c1c(C)ccc2cnccc12. The number of anilines is 2. The molecule has 148 valence electrons. The average molecular weight is 442 g/mol. The fourth-order valence-corrected chi connectivity index (χ4v) is 5.03. The van der Waals surface area contributed by atoms with Crippen molar-refractivity contribution in [1.29, 1.82) is 0 Å². The Labute approximate surface area is 184 Å². The Bertz CT molecular complexity index is 1190. The highest BCUT2D eigenvalue weighted by Crippen LogP contribution is 2.41. The van der Waals surface area contributed by atoms with Gasteiger partial charge >= 0.3 is 0 Å². The van der Waals surface area contributed by atoms with E-state index in [9.17, 15) is 0 Å². The molecular formula is C23H21Cl2N3S. The van der Waals surface area contributed by atoms with Crippen molar-refractivity contribution in [2.45, 2.75) is 27.2 Å². The number of hydrogen-bond donors (Lipinski definition) is 0. The van der Waals surface area contributed by atoms with Crippen molar-refractivity contribution in [3.05, 3.63) is 69.3 Å². The van der Waals surface area contributed by atoms with Crippen LogP contribution in [0.3, 0.4) is 0 Å². The van der Waals surface area contributed by atoms with E-state index in [0.29, 0.717) is 10.0 Å². The van der Waals surface area contributed by atoms with E-state index in [4.69, 9.17) is 28.2 Å². The molecule has 0 unspecified atom stereocenters. The van der Waals surface area contributed by atoms with Gasteiger partial charge in [-0.05, 0) is 50.1 Å². The third-order valence-electron chi connectivity index (χ3n) is 4.91. The molecule has 0 saturated carbocycles. The Hall–Kier alpha value is -2.14. The van der Waals surface area contributed by atoms with Crippen LogP contribution in [0, 0.1) is 13.8 Å². The van der Waals surface area contributed by atoms with Crippen molar-refractivity contribution in [3.8, 4) is 11.3 Å². The van der Waals surface area contributed by atoms with Gasteiger partial charge in [-0.1, -0.05) is 42.3 Å². The lowest BCUT2D eigenvalue weighted by atomic mass is 10.1. The summed E-state index contributed by atoms with van der Waals surface area (Å²) in [6.07, 6.45) is 4.77. The molecule has 3 nitrogen and oxygen atoms in total. The molecule has 0 bridgehead atoms. The maximum Gasteiger partial charge on any atom is 0.190 e. The van der Waals surface area contributed by atoms with Gasteiger partial charge in [0.1, 0.15) is 0 Å². The van der Waals surface area contributed by atoms with Gasteiger partial charge in [-0.15, -0.1) is 11.3 Å². The van der Waals surface area contributed by atoms with E-state index in [0.717, 1.165) is 39.6 Å². The number of aryl methyl sites for hydroxylation is 2. The summed E-state index contributed by atoms with van der Waals surface area (Å²) in [6, 6.07) is 11.9. The van der Waals surface area contributed by atoms with Crippen LogP contribution in [0.15, 0.2) is 48.8 Å². The summed E-state index contributed by atoms with van der Waals surface area (Å²) >= 11 is 14.2. The second kappa shape index (κ2) is 8.31. The molecule has 2 aromatic heterocycles. The van der Waals surface area contributed by atoms with Crippen LogP contribution in [-0.2, 0) is 0 Å². The topological polar surface area (TPSA) is 29.0 Å². The van der Waals surface area contributed by atoms with Crippen LogP contribution < -0.4 is 4.90 Å². The number of benzene rings is 2. The number of nitrogens with zero attached hydrogens (tertiary/aromatic N) is 3. The summed E-state index contributed by atoms with van der Waals surface area (Å²) in [6.45, 7) is 7.30. The normalized spacial score (nSPS) is 11.2. The zero-order chi connectivity index (χ0) is 20.5. The van der Waals surface area contributed by atoms with E-state index in [1.807, 2.05) is 24.5 Å². The molecule has 0 aliphatic carbocycles. The summed E-state index contributed by atoms with van der Waals surface area (Å²) in [5, 5.41) is 4.53. The molecule has 0 saturated heterocycles. The minimum Gasteiger partial charge on any atom is -0.317 e. The number of fused-ring (bicyclic) bond motifs is 1. The first-order valence-electron chi connectivity index (χ1n) is 9.53. The van der Waals surface area contributed by atoms with Gasteiger partial charge in [-0.25, -0.2) is 4.98 Å². The zero-order valence-electron chi connectivity index (χ0n) is 16.5. The third-order valence-corrected chi connectivity index (χ3v) is 6.45. The van der Waals surface area contributed by atoms with Gasteiger partial charge in [0.15, 0.2) is 5.13 Å². The van der Waals surface area contributed by atoms with E-state index in [2.05, 4.69) is 48.9 Å². The average Bonchev–Trinajstić information content (AvgIpc) is 3.08. The molecule has 0 radical (unpaired) electrons. The predicted octanol–water partition coefficient (Wildman–Crippen LogP) is 7.83. The molecule has 4 rings (SSSR count). The predicted molar refractivity (Wildman–Crippen MR) is 126 cm³/mol. The Morgan fingerprint density at radius 2 is 1.90 bits per heavy atom. The fourth-order valence-electron chi connectivity index (χ4n) is 3.58. The Kier molecular flexibility index (Phi) is 5.77. The van der Waals surface area contributed by atoms with Crippen LogP contribution in [0.5, 0.6) is 0 Å². The minimum atomic E-state index is 0.618. The first kappa shape index (κ1) is 20.1. The van der Waals surface area contributed by atoms with Crippen LogP contribution in [0.1, 0.15) is 23.8 Å². The van der Waals surface area contributed by atoms with Crippen molar-refractivity contribution in [3.63, 3.8) is 0 Å². The van der Waals surface area contributed by atoms with Crippen molar-refractivity contribution < 1.29 is 0 Å². The standard InChI is InChI=1S/C23H21Cl2N3S/c1-4-11-28(22-14(2)5-6-16-13-26-10-9-18(16)22)23-27-21(15(3)29-23)19-8-7-17(24)12-20(19)25/h5-10,12-13H,4,11H2,1-3H3. The largest absolute Gasteiger partial charge is 0.317 e. The maximum absolute atomic E-state index is 6.47. The van der Waals surface area contributed by atoms with E-state index in [-0.39, 0.29) is 0 Å². The van der Waals surface area contributed by atoms with E-state index in [1.165, 1.54) is 16.6 Å². The molecule has 0 atom stereocenters. The molecule has 0 N–H and O–H groups in total. The van der Waals surface area contributed by atoms with Crippen LogP contribution >= 0.6 is 34.5 Å². The summed E-state index contributed by atoms with van der Waals surface area (Å²) in [4.78, 5) is 12.7. The van der Waals surface area contributed by atoms with Gasteiger partial charge < -0.3 is 4.90 Å². The van der Waals surface area contributed by atoms with E-state index in [1.54, 1.807) is 17.4 Å². The van der Waals surface area contributed by atoms with Gasteiger partial charge in [0.2, 0.25) is 0 Å². The van der Waals surface area contributed by atoms with Crippen LogP contribution in [0.2, 0.25) is 10.0 Å². The highest BCUT2D eigenvalue weighted by atomic mass is 35.5. The number of hydrogen-bond acceptors (Lipinski definition) is 4. The van der Waals surface area contributed by atoms with Gasteiger partial charge in [0, 0.05) is 45.2 Å². The van der Waals surface area contributed by atoms with Crippen molar-refractivity contribution in [2.24, 2.45) is 0 Å². The molecule has 4 aromatic rings. The molecule has 6 heteroatoms. The molecule has 2 aromatic carbocycles. The quantitative estimate of drug-likeness (QED) is 0.315. The zero-order valence-corrected chi connectivity index (χ0v) is 18.9. The highest BCUT2D eigenvalue weighted by Gasteiger charge is 2.21. The van der Waals surface area contributed by atoms with Crippen LogP contribution in [-0.4, -0.2) is 16.5 Å². The Balaban J connectivity index is 1.87. The summed E-state index contributed by atoms with van der Waals surface area (Å²) in [5.74, 6) is 0. The first-order valence-corrected chi connectivity index (χ1v) is 11.1. The van der Waals surface area contributed by atoms with Gasteiger partial charge in [0.05, 0.1) is 16.4 Å². The number of halogens is 2. The number of aromatic nitrogens is 2. The van der Waals surface area contributed by atoms with Crippen molar-refractivity contribution in [2.75, 3.05) is 11.4 Å². The molecule has 0 aliphatic heterocycles. The van der Waals surface area contributed by atoms with Crippen molar-refractivity contribution in [1.82, 2.24) is 9.97 Å². The van der Waals surface area contributed by atoms with Gasteiger partial charge in [0.25, 0.3) is 0 Å². The van der Waals surface area contributed by atoms with Crippen molar-refractivity contribution >= 4 is 56.1 Å². The fraction of sp³-hybridized carbons (Fsp3) is 0.217. The minimum absolute atomic E-state index is 0.618. The second-order valence-corrected chi connectivity index (χ2v) is 9.03. The molecule has 0 amide bonds. The molecule has 29 heavy (non-hydrogen) atoms. The number of thiazole rings is 1. The Morgan fingerprint density at radius 3 is 2.66 bits per heavy atom. The molecule has 2 heterocycles. The number of rotatable bonds is 5.